The standard InChI is InChI=1S/C13H20N2O/c1-4-15-9-13(2,3)14-11-7-5-6-10(8-16)12(11)15/h5-7,14,16H,4,8-9H2,1-3H3. The Morgan fingerprint density at radius 3 is 2.81 bits per heavy atom. The minimum atomic E-state index is 0.0804. The smallest absolute Gasteiger partial charge is 0.0702 e. The third-order valence-electron chi connectivity index (χ3n) is 3.05. The number of hydrogen-bond acceptors (Lipinski definition) is 3. The Morgan fingerprint density at radius 1 is 1.44 bits per heavy atom. The van der Waals surface area contributed by atoms with Crippen LogP contribution in [0, 0.1) is 0 Å². The zero-order valence-corrected chi connectivity index (χ0v) is 10.2. The number of aliphatic hydroxyl groups excluding tert-OH is 1. The van der Waals surface area contributed by atoms with Gasteiger partial charge in [0.15, 0.2) is 0 Å². The molecule has 3 nitrogen and oxygen atoms in total. The fourth-order valence-corrected chi connectivity index (χ4v) is 2.42. The van der Waals surface area contributed by atoms with Crippen molar-refractivity contribution in [2.45, 2.75) is 32.9 Å². The molecule has 1 aromatic carbocycles. The second-order valence-electron chi connectivity index (χ2n) is 4.99. The van der Waals surface area contributed by atoms with Crippen molar-refractivity contribution in [1.29, 1.82) is 0 Å². The first kappa shape index (κ1) is 11.3. The summed E-state index contributed by atoms with van der Waals surface area (Å²) in [4.78, 5) is 2.33. The van der Waals surface area contributed by atoms with Gasteiger partial charge in [-0.1, -0.05) is 12.1 Å². The average Bonchev–Trinajstić information content (AvgIpc) is 2.25. The molecule has 3 heteroatoms. The molecular formula is C13H20N2O. The molecule has 1 aromatic rings. The Balaban J connectivity index is 2.50. The van der Waals surface area contributed by atoms with Crippen molar-refractivity contribution in [3.05, 3.63) is 23.8 Å². The summed E-state index contributed by atoms with van der Waals surface area (Å²) in [6, 6.07) is 6.06. The molecule has 0 spiro atoms. The summed E-state index contributed by atoms with van der Waals surface area (Å²) in [5.41, 5.74) is 3.37. The minimum absolute atomic E-state index is 0.0804. The van der Waals surface area contributed by atoms with Gasteiger partial charge >= 0.3 is 0 Å². The Morgan fingerprint density at radius 2 is 2.19 bits per heavy atom. The summed E-state index contributed by atoms with van der Waals surface area (Å²) < 4.78 is 0. The molecule has 0 unspecified atom stereocenters. The molecule has 16 heavy (non-hydrogen) atoms. The summed E-state index contributed by atoms with van der Waals surface area (Å²) in [5.74, 6) is 0. The van der Waals surface area contributed by atoms with Crippen LogP contribution in [0.3, 0.4) is 0 Å². The van der Waals surface area contributed by atoms with E-state index in [0.29, 0.717) is 0 Å². The normalized spacial score (nSPS) is 17.9. The van der Waals surface area contributed by atoms with Crippen LogP contribution in [-0.4, -0.2) is 23.7 Å². The number of aliphatic hydroxyl groups is 1. The van der Waals surface area contributed by atoms with Crippen molar-refractivity contribution >= 4 is 11.4 Å². The van der Waals surface area contributed by atoms with E-state index < -0.39 is 0 Å². The summed E-state index contributed by atoms with van der Waals surface area (Å²) in [6.45, 7) is 8.58. The monoisotopic (exact) mass is 220 g/mol. The molecule has 2 N–H and O–H groups in total. The first-order valence-corrected chi connectivity index (χ1v) is 5.83. The van der Waals surface area contributed by atoms with Gasteiger partial charge in [-0.3, -0.25) is 0 Å². The molecule has 0 amide bonds. The topological polar surface area (TPSA) is 35.5 Å². The lowest BCUT2D eigenvalue weighted by atomic mass is 9.97. The molecule has 0 radical (unpaired) electrons. The van der Waals surface area contributed by atoms with E-state index in [-0.39, 0.29) is 12.1 Å². The van der Waals surface area contributed by atoms with Crippen LogP contribution in [0.25, 0.3) is 0 Å². The van der Waals surface area contributed by atoms with Crippen LogP contribution in [0.4, 0.5) is 11.4 Å². The summed E-state index contributed by atoms with van der Waals surface area (Å²) in [6.07, 6.45) is 0. The number of nitrogens with zero attached hydrogens (tertiary/aromatic N) is 1. The minimum Gasteiger partial charge on any atom is -0.392 e. The van der Waals surface area contributed by atoms with Crippen LogP contribution in [0.5, 0.6) is 0 Å². The van der Waals surface area contributed by atoms with Gasteiger partial charge in [0.2, 0.25) is 0 Å². The molecule has 0 saturated heterocycles. The number of anilines is 2. The molecule has 0 aromatic heterocycles. The molecule has 88 valence electrons. The van der Waals surface area contributed by atoms with Crippen molar-refractivity contribution in [2.24, 2.45) is 0 Å². The van der Waals surface area contributed by atoms with Crippen LogP contribution in [0.15, 0.2) is 18.2 Å². The molecule has 0 bridgehead atoms. The van der Waals surface area contributed by atoms with Gasteiger partial charge in [0.1, 0.15) is 0 Å². The number of rotatable bonds is 2. The third-order valence-corrected chi connectivity index (χ3v) is 3.05. The van der Waals surface area contributed by atoms with Gasteiger partial charge < -0.3 is 15.3 Å². The summed E-state index contributed by atoms with van der Waals surface area (Å²) in [5, 5.41) is 12.9. The molecule has 0 fully saturated rings. The molecule has 1 heterocycles. The number of fused-ring (bicyclic) bond motifs is 1. The second kappa shape index (κ2) is 3.98. The quantitative estimate of drug-likeness (QED) is 0.802. The highest BCUT2D eigenvalue weighted by molar-refractivity contribution is 5.76. The van der Waals surface area contributed by atoms with E-state index in [0.717, 1.165) is 30.0 Å². The largest absolute Gasteiger partial charge is 0.392 e. The van der Waals surface area contributed by atoms with Crippen molar-refractivity contribution in [3.8, 4) is 0 Å². The van der Waals surface area contributed by atoms with Gasteiger partial charge in [0, 0.05) is 24.2 Å². The van der Waals surface area contributed by atoms with Crippen LogP contribution in [-0.2, 0) is 6.61 Å². The van der Waals surface area contributed by atoms with E-state index in [1.54, 1.807) is 0 Å². The van der Waals surface area contributed by atoms with Gasteiger partial charge in [0.05, 0.1) is 18.0 Å². The van der Waals surface area contributed by atoms with Gasteiger partial charge in [-0.05, 0) is 26.8 Å². The second-order valence-corrected chi connectivity index (χ2v) is 4.99. The van der Waals surface area contributed by atoms with Crippen LogP contribution in [0.2, 0.25) is 0 Å². The van der Waals surface area contributed by atoms with Gasteiger partial charge in [-0.2, -0.15) is 0 Å². The molecule has 0 aliphatic carbocycles. The first-order valence-electron chi connectivity index (χ1n) is 5.83. The Hall–Kier alpha value is -1.22. The highest BCUT2D eigenvalue weighted by Crippen LogP contribution is 2.37. The molecule has 0 atom stereocenters. The first-order chi connectivity index (χ1) is 7.57. The van der Waals surface area contributed by atoms with Crippen molar-refractivity contribution in [2.75, 3.05) is 23.3 Å². The summed E-state index contributed by atoms with van der Waals surface area (Å²) >= 11 is 0. The van der Waals surface area contributed by atoms with E-state index in [1.165, 1.54) is 0 Å². The fourth-order valence-electron chi connectivity index (χ4n) is 2.42. The number of hydrogen-bond donors (Lipinski definition) is 2. The van der Waals surface area contributed by atoms with Crippen molar-refractivity contribution < 1.29 is 5.11 Å². The molecule has 1 aliphatic rings. The Kier molecular flexibility index (Phi) is 2.80. The van der Waals surface area contributed by atoms with Crippen molar-refractivity contribution in [1.82, 2.24) is 0 Å². The molecule has 1 aliphatic heterocycles. The highest BCUT2D eigenvalue weighted by atomic mass is 16.3. The lowest BCUT2D eigenvalue weighted by molar-refractivity contribution is 0.281. The highest BCUT2D eigenvalue weighted by Gasteiger charge is 2.29. The summed E-state index contributed by atoms with van der Waals surface area (Å²) in [7, 11) is 0. The maximum atomic E-state index is 9.38. The lowest BCUT2D eigenvalue weighted by Crippen LogP contribution is -2.48. The zero-order chi connectivity index (χ0) is 11.8. The van der Waals surface area contributed by atoms with E-state index in [1.807, 2.05) is 12.1 Å². The Bertz CT molecular complexity index is 388. The predicted octanol–water partition coefficient (Wildman–Crippen LogP) is 2.21. The van der Waals surface area contributed by atoms with Gasteiger partial charge in [-0.15, -0.1) is 0 Å². The van der Waals surface area contributed by atoms with Crippen LogP contribution >= 0.6 is 0 Å². The predicted molar refractivity (Wildman–Crippen MR) is 68.0 cm³/mol. The van der Waals surface area contributed by atoms with Crippen molar-refractivity contribution in [3.63, 3.8) is 0 Å². The number of para-hydroxylation sites is 1. The van der Waals surface area contributed by atoms with Gasteiger partial charge in [-0.25, -0.2) is 0 Å². The Labute approximate surface area is 97.1 Å². The number of likely N-dealkylation sites (N-methyl/N-ethyl adjacent to an activating group) is 1. The SMILES string of the molecule is CCN1CC(C)(C)Nc2cccc(CO)c21. The number of nitrogens with one attached hydrogen (secondary N) is 1. The van der Waals surface area contributed by atoms with E-state index >= 15 is 0 Å². The van der Waals surface area contributed by atoms with E-state index in [4.69, 9.17) is 0 Å². The number of benzene rings is 1. The van der Waals surface area contributed by atoms with E-state index in [2.05, 4.69) is 37.1 Å². The third kappa shape index (κ3) is 1.87. The fraction of sp³-hybridized carbons (Fsp3) is 0.538. The van der Waals surface area contributed by atoms with Crippen LogP contribution in [0.1, 0.15) is 26.3 Å². The molecular weight excluding hydrogens is 200 g/mol. The van der Waals surface area contributed by atoms with Crippen LogP contribution < -0.4 is 10.2 Å². The average molecular weight is 220 g/mol. The zero-order valence-electron chi connectivity index (χ0n) is 10.2. The molecule has 0 saturated carbocycles. The lowest BCUT2D eigenvalue weighted by Gasteiger charge is -2.42. The van der Waals surface area contributed by atoms with E-state index in [9.17, 15) is 5.11 Å². The van der Waals surface area contributed by atoms with Gasteiger partial charge in [0.25, 0.3) is 0 Å². The maximum absolute atomic E-state index is 9.38. The molecule has 2 rings (SSSR count). The maximum Gasteiger partial charge on any atom is 0.0702 e.